The van der Waals surface area contributed by atoms with E-state index in [9.17, 15) is 14.4 Å². The number of rotatable bonds is 9. The van der Waals surface area contributed by atoms with Crippen LogP contribution in [-0.4, -0.2) is 30.6 Å². The standard InChI is InChI=1S/C30H23Br2N3O5/c1-2-39-27-17-19(3-16-26(27)40-30(38)22-6-12-24(32)13-7-22)18-33-35-29(37)21-8-14-25(15-9-21)34-28(36)20-4-10-23(31)11-5-20/h3-18H,2H2,1H3,(H,34,36)(H,35,37)/b33-18-. The van der Waals surface area contributed by atoms with Crippen molar-refractivity contribution in [2.45, 2.75) is 6.92 Å². The molecule has 0 unspecified atom stereocenters. The Morgan fingerprint density at radius 2 is 1.32 bits per heavy atom. The first kappa shape index (κ1) is 28.7. The van der Waals surface area contributed by atoms with Crippen molar-refractivity contribution in [3.63, 3.8) is 0 Å². The average Bonchev–Trinajstić information content (AvgIpc) is 2.95. The van der Waals surface area contributed by atoms with Crippen molar-refractivity contribution < 1.29 is 23.9 Å². The van der Waals surface area contributed by atoms with Crippen LogP contribution in [0.1, 0.15) is 43.6 Å². The molecule has 0 saturated heterocycles. The summed E-state index contributed by atoms with van der Waals surface area (Å²) in [6.07, 6.45) is 1.45. The van der Waals surface area contributed by atoms with Crippen LogP contribution in [0.5, 0.6) is 11.5 Å². The number of hydrogen-bond acceptors (Lipinski definition) is 6. The number of halogens is 2. The average molecular weight is 665 g/mol. The monoisotopic (exact) mass is 663 g/mol. The number of carbonyl (C=O) groups excluding carboxylic acids is 3. The number of ether oxygens (including phenoxy) is 2. The lowest BCUT2D eigenvalue weighted by atomic mass is 10.1. The fourth-order valence-corrected chi connectivity index (χ4v) is 3.97. The van der Waals surface area contributed by atoms with Crippen LogP contribution in [0.15, 0.2) is 105 Å². The highest BCUT2D eigenvalue weighted by Crippen LogP contribution is 2.29. The van der Waals surface area contributed by atoms with Crippen molar-refractivity contribution >= 4 is 61.5 Å². The molecule has 4 rings (SSSR count). The number of benzene rings is 4. The van der Waals surface area contributed by atoms with Gasteiger partial charge in [-0.3, -0.25) is 9.59 Å². The Morgan fingerprint density at radius 1 is 0.750 bits per heavy atom. The Labute approximate surface area is 247 Å². The molecule has 0 heterocycles. The van der Waals surface area contributed by atoms with Crippen molar-refractivity contribution in [3.05, 3.63) is 122 Å². The summed E-state index contributed by atoms with van der Waals surface area (Å²) in [6, 6.07) is 25.2. The third-order valence-electron chi connectivity index (χ3n) is 5.44. The topological polar surface area (TPSA) is 106 Å². The molecule has 2 amide bonds. The minimum Gasteiger partial charge on any atom is -0.490 e. The van der Waals surface area contributed by atoms with E-state index in [-0.39, 0.29) is 11.7 Å². The summed E-state index contributed by atoms with van der Waals surface area (Å²) in [5.74, 6) is -0.560. The SMILES string of the molecule is CCOc1cc(/C=N\NC(=O)c2ccc(NC(=O)c3ccc(Br)cc3)cc2)ccc1OC(=O)c1ccc(Br)cc1. The fraction of sp³-hybridized carbons (Fsp3) is 0.0667. The van der Waals surface area contributed by atoms with Crippen LogP contribution in [0.2, 0.25) is 0 Å². The highest BCUT2D eigenvalue weighted by molar-refractivity contribution is 9.10. The van der Waals surface area contributed by atoms with Crippen molar-refractivity contribution in [3.8, 4) is 11.5 Å². The Bertz CT molecular complexity index is 1540. The minimum atomic E-state index is -0.513. The second-order valence-corrected chi connectivity index (χ2v) is 10.1. The Morgan fingerprint density at radius 3 is 1.95 bits per heavy atom. The third-order valence-corrected chi connectivity index (χ3v) is 6.50. The molecule has 0 radical (unpaired) electrons. The van der Waals surface area contributed by atoms with Gasteiger partial charge in [0, 0.05) is 25.8 Å². The van der Waals surface area contributed by atoms with E-state index in [2.05, 4.69) is 47.7 Å². The molecular weight excluding hydrogens is 642 g/mol. The smallest absolute Gasteiger partial charge is 0.343 e. The summed E-state index contributed by atoms with van der Waals surface area (Å²) in [4.78, 5) is 37.4. The van der Waals surface area contributed by atoms with Gasteiger partial charge in [-0.2, -0.15) is 5.10 Å². The van der Waals surface area contributed by atoms with Crippen LogP contribution >= 0.6 is 31.9 Å². The summed E-state index contributed by atoms with van der Waals surface area (Å²) in [6.45, 7) is 2.18. The van der Waals surface area contributed by atoms with Gasteiger partial charge in [-0.05, 0) is 103 Å². The van der Waals surface area contributed by atoms with Gasteiger partial charge >= 0.3 is 5.97 Å². The molecule has 0 saturated carbocycles. The molecule has 0 fully saturated rings. The molecule has 0 atom stereocenters. The van der Waals surface area contributed by atoms with E-state index in [0.29, 0.717) is 40.3 Å². The maximum atomic E-state index is 12.5. The molecule has 0 aromatic heterocycles. The van der Waals surface area contributed by atoms with Gasteiger partial charge in [-0.15, -0.1) is 0 Å². The predicted octanol–water partition coefficient (Wildman–Crippen LogP) is 6.85. The summed E-state index contributed by atoms with van der Waals surface area (Å²) in [7, 11) is 0. The number of amides is 2. The van der Waals surface area contributed by atoms with Crippen LogP contribution in [0.25, 0.3) is 0 Å². The molecule has 0 spiro atoms. The van der Waals surface area contributed by atoms with Crippen LogP contribution in [0.4, 0.5) is 5.69 Å². The van der Waals surface area contributed by atoms with Gasteiger partial charge in [-0.1, -0.05) is 31.9 Å². The first-order valence-corrected chi connectivity index (χ1v) is 13.7. The van der Waals surface area contributed by atoms with E-state index in [0.717, 1.165) is 8.95 Å². The number of hydrogen-bond donors (Lipinski definition) is 2. The molecular formula is C30H23Br2N3O5. The Kier molecular flexibility index (Phi) is 9.82. The lowest BCUT2D eigenvalue weighted by Crippen LogP contribution is -2.18. The molecule has 2 N–H and O–H groups in total. The molecule has 202 valence electrons. The number of hydrazone groups is 1. The normalized spacial score (nSPS) is 10.7. The van der Waals surface area contributed by atoms with Crippen LogP contribution in [0, 0.1) is 0 Å². The van der Waals surface area contributed by atoms with Gasteiger partial charge in [0.05, 0.1) is 18.4 Å². The van der Waals surface area contributed by atoms with Gasteiger partial charge < -0.3 is 14.8 Å². The Balaban J connectivity index is 1.35. The number of anilines is 1. The van der Waals surface area contributed by atoms with Gasteiger partial charge in [0.15, 0.2) is 11.5 Å². The summed E-state index contributed by atoms with van der Waals surface area (Å²) < 4.78 is 12.9. The lowest BCUT2D eigenvalue weighted by molar-refractivity contribution is 0.0728. The van der Waals surface area contributed by atoms with Crippen molar-refractivity contribution in [1.29, 1.82) is 0 Å². The number of carbonyl (C=O) groups is 3. The zero-order valence-corrected chi connectivity index (χ0v) is 24.4. The molecule has 8 nitrogen and oxygen atoms in total. The molecule has 4 aromatic rings. The van der Waals surface area contributed by atoms with Crippen LogP contribution < -0.4 is 20.2 Å². The van der Waals surface area contributed by atoms with Crippen molar-refractivity contribution in [2.75, 3.05) is 11.9 Å². The summed E-state index contributed by atoms with van der Waals surface area (Å²) >= 11 is 6.68. The second-order valence-electron chi connectivity index (χ2n) is 8.27. The van der Waals surface area contributed by atoms with Crippen molar-refractivity contribution in [2.24, 2.45) is 5.10 Å². The molecule has 4 aromatic carbocycles. The number of esters is 1. The first-order chi connectivity index (χ1) is 19.3. The zero-order valence-electron chi connectivity index (χ0n) is 21.2. The lowest BCUT2D eigenvalue weighted by Gasteiger charge is -2.11. The number of nitrogens with zero attached hydrogens (tertiary/aromatic N) is 1. The second kappa shape index (κ2) is 13.7. The van der Waals surface area contributed by atoms with E-state index in [1.54, 1.807) is 91.0 Å². The van der Waals surface area contributed by atoms with Gasteiger partial charge in [0.1, 0.15) is 0 Å². The van der Waals surface area contributed by atoms with E-state index < -0.39 is 11.9 Å². The Hall–Kier alpha value is -4.28. The highest BCUT2D eigenvalue weighted by Gasteiger charge is 2.13. The number of nitrogens with one attached hydrogen (secondary N) is 2. The zero-order chi connectivity index (χ0) is 28.5. The molecule has 40 heavy (non-hydrogen) atoms. The van der Waals surface area contributed by atoms with Gasteiger partial charge in [0.25, 0.3) is 11.8 Å². The molecule has 0 bridgehead atoms. The maximum Gasteiger partial charge on any atom is 0.343 e. The van der Waals surface area contributed by atoms with Gasteiger partial charge in [-0.25, -0.2) is 10.2 Å². The molecule has 10 heteroatoms. The molecule has 0 aliphatic heterocycles. The van der Waals surface area contributed by atoms with E-state index >= 15 is 0 Å². The third kappa shape index (κ3) is 7.87. The quantitative estimate of drug-likeness (QED) is 0.0882. The largest absolute Gasteiger partial charge is 0.490 e. The first-order valence-electron chi connectivity index (χ1n) is 12.1. The van der Waals surface area contributed by atoms with Crippen LogP contribution in [0.3, 0.4) is 0 Å². The molecule has 0 aliphatic carbocycles. The fourth-order valence-electron chi connectivity index (χ4n) is 3.44. The van der Waals surface area contributed by atoms with Crippen LogP contribution in [-0.2, 0) is 0 Å². The molecule has 0 aliphatic rings. The van der Waals surface area contributed by atoms with E-state index in [1.165, 1.54) is 6.21 Å². The van der Waals surface area contributed by atoms with E-state index in [1.807, 2.05) is 6.92 Å². The predicted molar refractivity (Wildman–Crippen MR) is 160 cm³/mol. The van der Waals surface area contributed by atoms with E-state index in [4.69, 9.17) is 9.47 Å². The van der Waals surface area contributed by atoms with Crippen molar-refractivity contribution in [1.82, 2.24) is 5.43 Å². The highest BCUT2D eigenvalue weighted by atomic mass is 79.9. The summed E-state index contributed by atoms with van der Waals surface area (Å²) in [5, 5.41) is 6.81. The minimum absolute atomic E-state index is 0.255. The van der Waals surface area contributed by atoms with Gasteiger partial charge in [0.2, 0.25) is 0 Å². The maximum absolute atomic E-state index is 12.5. The summed E-state index contributed by atoms with van der Waals surface area (Å²) in [5.41, 5.74) is 4.93.